The van der Waals surface area contributed by atoms with Crippen LogP contribution in [-0.2, 0) is 0 Å². The van der Waals surface area contributed by atoms with E-state index in [1.807, 2.05) is 37.3 Å². The number of hydrogen-bond donors (Lipinski definition) is 1. The van der Waals surface area contributed by atoms with Gasteiger partial charge in [0.1, 0.15) is 11.6 Å². The number of nitrogens with one attached hydrogen (secondary N) is 1. The Kier molecular flexibility index (Phi) is 3.93. The molecule has 26 heavy (non-hydrogen) atoms. The summed E-state index contributed by atoms with van der Waals surface area (Å²) in [4.78, 5) is 21.9. The quantitative estimate of drug-likeness (QED) is 0.610. The Morgan fingerprint density at radius 1 is 1.04 bits per heavy atom. The Balaban J connectivity index is 1.96. The maximum Gasteiger partial charge on any atom is 0.267 e. The second-order valence-corrected chi connectivity index (χ2v) is 5.92. The highest BCUT2D eigenvalue weighted by atomic mass is 19.1. The average molecular weight is 346 g/mol. The lowest BCUT2D eigenvalue weighted by molar-refractivity contribution is 0.629. The molecule has 1 N–H and O–H groups in total. The van der Waals surface area contributed by atoms with Gasteiger partial charge in [-0.25, -0.2) is 18.9 Å². The normalized spacial score (nSPS) is 10.8. The van der Waals surface area contributed by atoms with Crippen molar-refractivity contribution in [1.29, 1.82) is 0 Å². The van der Waals surface area contributed by atoms with Crippen molar-refractivity contribution >= 4 is 22.7 Å². The average Bonchev–Trinajstić information content (AvgIpc) is 2.65. The summed E-state index contributed by atoms with van der Waals surface area (Å²) in [6, 6.07) is 16.8. The Morgan fingerprint density at radius 2 is 1.85 bits per heavy atom. The van der Waals surface area contributed by atoms with E-state index in [-0.39, 0.29) is 10.9 Å². The van der Waals surface area contributed by atoms with Crippen molar-refractivity contribution in [1.82, 2.24) is 14.5 Å². The molecule has 0 spiro atoms. The van der Waals surface area contributed by atoms with Crippen molar-refractivity contribution in [2.24, 2.45) is 0 Å². The predicted octanol–water partition coefficient (Wildman–Crippen LogP) is 3.97. The molecule has 0 saturated heterocycles. The van der Waals surface area contributed by atoms with Gasteiger partial charge in [-0.2, -0.15) is 0 Å². The maximum atomic E-state index is 13.6. The molecule has 2 heterocycles. The second kappa shape index (κ2) is 6.40. The minimum Gasteiger partial charge on any atom is -0.310 e. The molecule has 0 fully saturated rings. The van der Waals surface area contributed by atoms with Crippen molar-refractivity contribution in [3.05, 3.63) is 88.6 Å². The van der Waals surface area contributed by atoms with E-state index in [0.29, 0.717) is 23.0 Å². The zero-order valence-electron chi connectivity index (χ0n) is 14.0. The number of anilines is 2. The van der Waals surface area contributed by atoms with Gasteiger partial charge in [0.2, 0.25) is 5.95 Å². The van der Waals surface area contributed by atoms with Crippen molar-refractivity contribution in [3.63, 3.8) is 0 Å². The van der Waals surface area contributed by atoms with Gasteiger partial charge in [-0.05, 0) is 48.9 Å². The maximum absolute atomic E-state index is 13.6. The fourth-order valence-corrected chi connectivity index (χ4v) is 2.71. The molecule has 4 rings (SSSR count). The smallest absolute Gasteiger partial charge is 0.267 e. The zero-order valence-corrected chi connectivity index (χ0v) is 14.0. The standard InChI is InChI=1S/C20H15FN4O/c1-13-7-10-18(22-12-13)24-20-23-17-9-8-14(21)11-16(17)19(26)25(20)15-5-3-2-4-6-15/h2-12H,1H3,(H,22,23,24). The summed E-state index contributed by atoms with van der Waals surface area (Å²) in [7, 11) is 0. The molecule has 0 aliphatic carbocycles. The molecule has 2 aromatic heterocycles. The third-order valence-corrected chi connectivity index (χ3v) is 4.00. The van der Waals surface area contributed by atoms with Crippen LogP contribution < -0.4 is 10.9 Å². The number of aryl methyl sites for hydroxylation is 1. The molecule has 0 saturated carbocycles. The van der Waals surface area contributed by atoms with Gasteiger partial charge in [-0.3, -0.25) is 4.79 Å². The van der Waals surface area contributed by atoms with Crippen molar-refractivity contribution < 1.29 is 4.39 Å². The number of para-hydroxylation sites is 1. The third-order valence-electron chi connectivity index (χ3n) is 4.00. The topological polar surface area (TPSA) is 59.8 Å². The van der Waals surface area contributed by atoms with Crippen molar-refractivity contribution in [2.75, 3.05) is 5.32 Å². The van der Waals surface area contributed by atoms with Crippen molar-refractivity contribution in [2.45, 2.75) is 6.92 Å². The first-order chi connectivity index (χ1) is 12.6. The van der Waals surface area contributed by atoms with Gasteiger partial charge in [-0.1, -0.05) is 24.3 Å². The Morgan fingerprint density at radius 3 is 2.58 bits per heavy atom. The lowest BCUT2D eigenvalue weighted by atomic mass is 10.2. The third kappa shape index (κ3) is 2.93. The fourth-order valence-electron chi connectivity index (χ4n) is 2.71. The van der Waals surface area contributed by atoms with Crippen LogP contribution >= 0.6 is 0 Å². The first kappa shape index (κ1) is 16.0. The largest absolute Gasteiger partial charge is 0.310 e. The molecule has 0 aliphatic heterocycles. The number of pyridine rings is 1. The summed E-state index contributed by atoms with van der Waals surface area (Å²) in [6.45, 7) is 1.94. The number of aromatic nitrogens is 3. The highest BCUT2D eigenvalue weighted by Gasteiger charge is 2.14. The van der Waals surface area contributed by atoms with Gasteiger partial charge in [0.25, 0.3) is 5.56 Å². The van der Waals surface area contributed by atoms with Crippen LogP contribution in [0.15, 0.2) is 71.7 Å². The summed E-state index contributed by atoms with van der Waals surface area (Å²) in [5, 5.41) is 3.31. The van der Waals surface area contributed by atoms with Gasteiger partial charge in [0, 0.05) is 6.20 Å². The lowest BCUT2D eigenvalue weighted by Gasteiger charge is -2.14. The minimum atomic E-state index is -0.475. The monoisotopic (exact) mass is 346 g/mol. The molecule has 0 unspecified atom stereocenters. The van der Waals surface area contributed by atoms with E-state index in [1.54, 1.807) is 18.3 Å². The molecule has 128 valence electrons. The van der Waals surface area contributed by atoms with Crippen LogP contribution in [-0.4, -0.2) is 14.5 Å². The first-order valence-electron chi connectivity index (χ1n) is 8.09. The summed E-state index contributed by atoms with van der Waals surface area (Å²) < 4.78 is 15.1. The summed E-state index contributed by atoms with van der Waals surface area (Å²) in [5.41, 5.74) is 1.72. The molecule has 5 nitrogen and oxygen atoms in total. The van der Waals surface area contributed by atoms with Gasteiger partial charge >= 0.3 is 0 Å². The molecule has 0 bridgehead atoms. The van der Waals surface area contributed by atoms with E-state index in [9.17, 15) is 9.18 Å². The van der Waals surface area contributed by atoms with Crippen molar-refractivity contribution in [3.8, 4) is 5.69 Å². The molecular weight excluding hydrogens is 331 g/mol. The number of benzene rings is 2. The first-order valence-corrected chi connectivity index (χ1v) is 8.09. The Bertz CT molecular complexity index is 1140. The van der Waals surface area contributed by atoms with Gasteiger partial charge < -0.3 is 5.32 Å². The molecule has 2 aromatic carbocycles. The molecule has 6 heteroatoms. The fraction of sp³-hybridized carbons (Fsp3) is 0.0500. The number of nitrogens with zero attached hydrogens (tertiary/aromatic N) is 3. The van der Waals surface area contributed by atoms with Crippen LogP contribution in [0.4, 0.5) is 16.2 Å². The van der Waals surface area contributed by atoms with E-state index in [4.69, 9.17) is 0 Å². The minimum absolute atomic E-state index is 0.219. The Labute approximate surface area is 148 Å². The van der Waals surface area contributed by atoms with E-state index >= 15 is 0 Å². The van der Waals surface area contributed by atoms with Gasteiger partial charge in [0.05, 0.1) is 16.6 Å². The van der Waals surface area contributed by atoms with E-state index < -0.39 is 5.82 Å². The Hall–Kier alpha value is -3.54. The number of halogens is 1. The van der Waals surface area contributed by atoms with E-state index in [1.165, 1.54) is 22.8 Å². The van der Waals surface area contributed by atoms with Crippen LogP contribution in [0.2, 0.25) is 0 Å². The lowest BCUT2D eigenvalue weighted by Crippen LogP contribution is -2.23. The summed E-state index contributed by atoms with van der Waals surface area (Å²) in [5.74, 6) is 0.405. The number of hydrogen-bond acceptors (Lipinski definition) is 4. The number of fused-ring (bicyclic) bond motifs is 1. The molecule has 0 atom stereocenters. The highest BCUT2D eigenvalue weighted by molar-refractivity contribution is 5.80. The highest BCUT2D eigenvalue weighted by Crippen LogP contribution is 2.19. The van der Waals surface area contributed by atoms with E-state index in [2.05, 4.69) is 15.3 Å². The number of rotatable bonds is 3. The van der Waals surface area contributed by atoms with Crippen LogP contribution in [0.25, 0.3) is 16.6 Å². The van der Waals surface area contributed by atoms with Crippen LogP contribution in [0.1, 0.15) is 5.56 Å². The summed E-state index contributed by atoms with van der Waals surface area (Å²) in [6.07, 6.45) is 1.73. The second-order valence-electron chi connectivity index (χ2n) is 5.92. The molecular formula is C20H15FN4O. The van der Waals surface area contributed by atoms with Crippen LogP contribution in [0.5, 0.6) is 0 Å². The van der Waals surface area contributed by atoms with Crippen LogP contribution in [0.3, 0.4) is 0 Å². The summed E-state index contributed by atoms with van der Waals surface area (Å²) >= 11 is 0. The SMILES string of the molecule is Cc1ccc(Nc2nc3ccc(F)cc3c(=O)n2-c2ccccc2)nc1. The molecule has 0 radical (unpaired) electrons. The van der Waals surface area contributed by atoms with E-state index in [0.717, 1.165) is 5.56 Å². The molecule has 4 aromatic rings. The molecule has 0 aliphatic rings. The molecule has 0 amide bonds. The predicted molar refractivity (Wildman–Crippen MR) is 99.6 cm³/mol. The zero-order chi connectivity index (χ0) is 18.1. The van der Waals surface area contributed by atoms with Gasteiger partial charge in [0.15, 0.2) is 0 Å². The van der Waals surface area contributed by atoms with Gasteiger partial charge in [-0.15, -0.1) is 0 Å². The van der Waals surface area contributed by atoms with Crippen LogP contribution in [0, 0.1) is 12.7 Å².